The van der Waals surface area contributed by atoms with Gasteiger partial charge in [-0.3, -0.25) is 0 Å². The molecule has 0 radical (unpaired) electrons. The predicted octanol–water partition coefficient (Wildman–Crippen LogP) is 4.75. The number of para-hydroxylation sites is 2. The quantitative estimate of drug-likeness (QED) is 0.538. The monoisotopic (exact) mass is 524 g/mol. The van der Waals surface area contributed by atoms with Crippen LogP contribution in [0, 0.1) is 0 Å². The molecule has 17 heavy (non-hydrogen) atoms. The number of hydrogen-bond donors (Lipinski definition) is 0. The summed E-state index contributed by atoms with van der Waals surface area (Å²) in [4.78, 5) is 0. The summed E-state index contributed by atoms with van der Waals surface area (Å²) >= 11 is 3.64. The van der Waals surface area contributed by atoms with E-state index in [4.69, 9.17) is 5.71 Å². The van der Waals surface area contributed by atoms with Crippen molar-refractivity contribution in [2.75, 3.05) is 0 Å². The molecule has 0 atom stereocenters. The van der Waals surface area contributed by atoms with E-state index in [1.807, 2.05) is 60.7 Å². The summed E-state index contributed by atoms with van der Waals surface area (Å²) in [6, 6.07) is 19.3. The molecule has 2 aromatic rings. The van der Waals surface area contributed by atoms with Crippen LogP contribution in [0.1, 0.15) is 0 Å². The van der Waals surface area contributed by atoms with Crippen molar-refractivity contribution in [3.8, 4) is 11.5 Å². The molecule has 0 heterocycles. The van der Waals surface area contributed by atoms with Crippen LogP contribution in [0.4, 0.5) is 0 Å². The fraction of sp³-hybridized carbons (Fsp3) is 0. The van der Waals surface area contributed by atoms with Gasteiger partial charge in [0.1, 0.15) is 0 Å². The van der Waals surface area contributed by atoms with E-state index in [2.05, 4.69) is 24.6 Å². The van der Waals surface area contributed by atoms with Crippen LogP contribution in [0.2, 0.25) is 0 Å². The van der Waals surface area contributed by atoms with Gasteiger partial charge in [-0.1, -0.05) is 0 Å². The Kier molecular flexibility index (Phi) is 4.82. The molecular formula is C12H10Br2HfO2. The molecule has 0 aliphatic heterocycles. The third-order valence-electron chi connectivity index (χ3n) is 1.96. The summed E-state index contributed by atoms with van der Waals surface area (Å²) in [7, 11) is 0. The van der Waals surface area contributed by atoms with Gasteiger partial charge in [0, 0.05) is 0 Å². The molecule has 0 spiro atoms. The minimum atomic E-state index is -3.46. The second kappa shape index (κ2) is 6.16. The van der Waals surface area contributed by atoms with Gasteiger partial charge in [0.2, 0.25) is 0 Å². The van der Waals surface area contributed by atoms with Gasteiger partial charge < -0.3 is 0 Å². The Balaban J connectivity index is 2.04. The van der Waals surface area contributed by atoms with Crippen LogP contribution in [-0.2, 0) is 16.2 Å². The Morgan fingerprint density at radius 2 is 1.00 bits per heavy atom. The normalized spacial score (nSPS) is 10.9. The molecule has 0 aromatic heterocycles. The van der Waals surface area contributed by atoms with E-state index in [0.29, 0.717) is 0 Å². The van der Waals surface area contributed by atoms with Crippen molar-refractivity contribution in [1.29, 1.82) is 0 Å². The number of rotatable bonds is 4. The summed E-state index contributed by atoms with van der Waals surface area (Å²) in [6.07, 6.45) is 0. The van der Waals surface area contributed by atoms with Gasteiger partial charge >= 0.3 is 119 Å². The average Bonchev–Trinajstić information content (AvgIpc) is 2.30. The van der Waals surface area contributed by atoms with Gasteiger partial charge in [-0.15, -0.1) is 0 Å². The molecule has 2 rings (SSSR count). The van der Waals surface area contributed by atoms with E-state index in [9.17, 15) is 0 Å². The first-order valence-electron chi connectivity index (χ1n) is 5.02. The molecule has 2 aromatic carbocycles. The maximum atomic E-state index is 5.84. The fourth-order valence-corrected chi connectivity index (χ4v) is 10.5. The molecule has 0 saturated carbocycles. The first kappa shape index (κ1) is 13.3. The predicted molar refractivity (Wildman–Crippen MR) is 72.0 cm³/mol. The van der Waals surface area contributed by atoms with Crippen molar-refractivity contribution in [3.05, 3.63) is 60.7 Å². The summed E-state index contributed by atoms with van der Waals surface area (Å²) < 4.78 is 11.7. The van der Waals surface area contributed by atoms with E-state index >= 15 is 0 Å². The first-order valence-corrected chi connectivity index (χ1v) is 23.6. The topological polar surface area (TPSA) is 18.5 Å². The van der Waals surface area contributed by atoms with E-state index in [1.54, 1.807) is 0 Å². The molecule has 2 nitrogen and oxygen atoms in total. The molecule has 0 aliphatic carbocycles. The summed E-state index contributed by atoms with van der Waals surface area (Å²) in [5.41, 5.74) is 0. The average molecular weight is 525 g/mol. The molecule has 88 valence electrons. The minimum absolute atomic E-state index is 0.804. The molecule has 0 bridgehead atoms. The van der Waals surface area contributed by atoms with Gasteiger partial charge in [0.05, 0.1) is 0 Å². The standard InChI is InChI=1S/2C6H6O.2BrH.Hf/c2*7-6-4-2-1-3-5-6;;;/h2*1-5,7H;2*1H;/q;;;;+4/p-4. The van der Waals surface area contributed by atoms with Crippen molar-refractivity contribution in [2.24, 2.45) is 0 Å². The summed E-state index contributed by atoms with van der Waals surface area (Å²) in [5.74, 6) is 1.61. The van der Waals surface area contributed by atoms with Gasteiger partial charge in [0.15, 0.2) is 0 Å². The zero-order valence-electron chi connectivity index (χ0n) is 8.85. The van der Waals surface area contributed by atoms with Crippen LogP contribution in [0.5, 0.6) is 11.5 Å². The van der Waals surface area contributed by atoms with Crippen LogP contribution in [-0.4, -0.2) is 0 Å². The molecule has 0 fully saturated rings. The zero-order chi connectivity index (χ0) is 12.1. The number of hydrogen-bond acceptors (Lipinski definition) is 2. The van der Waals surface area contributed by atoms with Gasteiger partial charge in [-0.2, -0.15) is 0 Å². The molecule has 0 unspecified atom stereocenters. The van der Waals surface area contributed by atoms with Crippen LogP contribution in [0.15, 0.2) is 60.7 Å². The Labute approximate surface area is 117 Å². The molecule has 0 saturated heterocycles. The first-order chi connectivity index (χ1) is 8.16. The van der Waals surface area contributed by atoms with Crippen molar-refractivity contribution >= 4 is 24.6 Å². The van der Waals surface area contributed by atoms with Crippen molar-refractivity contribution in [3.63, 3.8) is 0 Å². The molecule has 0 amide bonds. The van der Waals surface area contributed by atoms with E-state index in [1.165, 1.54) is 0 Å². The second-order valence-electron chi connectivity index (χ2n) is 3.29. The van der Waals surface area contributed by atoms with Gasteiger partial charge in [0.25, 0.3) is 0 Å². The Bertz CT molecular complexity index is 419. The third kappa shape index (κ3) is 4.56. The summed E-state index contributed by atoms with van der Waals surface area (Å²) in [6.45, 7) is 0. The fourth-order valence-electron chi connectivity index (χ4n) is 1.27. The van der Waals surface area contributed by atoms with Gasteiger partial charge in [-0.05, 0) is 0 Å². The van der Waals surface area contributed by atoms with Crippen LogP contribution < -0.4 is 5.71 Å². The maximum absolute atomic E-state index is 5.84. The third-order valence-corrected chi connectivity index (χ3v) is 10.7. The second-order valence-corrected chi connectivity index (χ2v) is 33.9. The van der Waals surface area contributed by atoms with Gasteiger partial charge in [-0.25, -0.2) is 0 Å². The van der Waals surface area contributed by atoms with Crippen molar-refractivity contribution in [2.45, 2.75) is 0 Å². The Morgan fingerprint density at radius 3 is 1.35 bits per heavy atom. The van der Waals surface area contributed by atoms with Crippen LogP contribution in [0.3, 0.4) is 0 Å². The molecular weight excluding hydrogens is 514 g/mol. The zero-order valence-corrected chi connectivity index (χ0v) is 15.6. The molecule has 0 N–H and O–H groups in total. The van der Waals surface area contributed by atoms with E-state index < -0.39 is 16.2 Å². The van der Waals surface area contributed by atoms with Crippen molar-refractivity contribution in [1.82, 2.24) is 0 Å². The summed E-state index contributed by atoms with van der Waals surface area (Å²) in [5, 5.41) is 0. The SMILES string of the molecule is [Br][Hf]([Br])([O]c1ccccc1)[O]c1ccccc1. The van der Waals surface area contributed by atoms with Crippen LogP contribution >= 0.6 is 24.6 Å². The van der Waals surface area contributed by atoms with Crippen LogP contribution in [0.25, 0.3) is 0 Å². The molecule has 5 heteroatoms. The van der Waals surface area contributed by atoms with Crippen molar-refractivity contribution < 1.29 is 21.9 Å². The Morgan fingerprint density at radius 1 is 0.647 bits per heavy atom. The number of benzene rings is 2. The number of halogens is 2. The molecule has 0 aliphatic rings. The van der Waals surface area contributed by atoms with E-state index in [0.717, 1.165) is 11.5 Å². The Hall–Kier alpha value is -0.130. The van der Waals surface area contributed by atoms with E-state index in [-0.39, 0.29) is 0 Å².